The van der Waals surface area contributed by atoms with Crippen LogP contribution in [0.2, 0.25) is 0 Å². The third-order valence-corrected chi connectivity index (χ3v) is 4.31. The summed E-state index contributed by atoms with van der Waals surface area (Å²) in [5.74, 6) is -0.0663. The fourth-order valence-corrected chi connectivity index (χ4v) is 3.01. The van der Waals surface area contributed by atoms with Crippen LogP contribution in [-0.2, 0) is 14.4 Å². The van der Waals surface area contributed by atoms with Crippen LogP contribution in [0.15, 0.2) is 23.4 Å². The van der Waals surface area contributed by atoms with Crippen molar-refractivity contribution < 1.29 is 18.8 Å². The van der Waals surface area contributed by atoms with Crippen molar-refractivity contribution in [3.05, 3.63) is 35.1 Å². The fraction of sp³-hybridized carbons (Fsp3) is 0.529. The van der Waals surface area contributed by atoms with Crippen LogP contribution in [0.5, 0.6) is 0 Å². The quantitative estimate of drug-likeness (QED) is 0.926. The van der Waals surface area contributed by atoms with Crippen LogP contribution in [0.1, 0.15) is 43.2 Å². The molecule has 1 atom stereocenters. The van der Waals surface area contributed by atoms with Crippen molar-refractivity contribution in [3.63, 3.8) is 0 Å². The van der Waals surface area contributed by atoms with E-state index in [1.807, 2.05) is 12.1 Å². The van der Waals surface area contributed by atoms with Crippen molar-refractivity contribution in [2.75, 3.05) is 19.8 Å². The summed E-state index contributed by atoms with van der Waals surface area (Å²) in [6.45, 7) is 3.25. The topological polar surface area (TPSA) is 59.9 Å². The molecule has 5 nitrogen and oxygen atoms in total. The molecule has 0 aromatic heterocycles. The Bertz CT molecular complexity index is 612. The molecule has 1 unspecified atom stereocenters. The van der Waals surface area contributed by atoms with E-state index in [1.165, 1.54) is 13.0 Å². The van der Waals surface area contributed by atoms with Crippen LogP contribution in [-0.4, -0.2) is 37.5 Å². The SMILES string of the molecule is CC(=O)NCC1CC(c2ccc(C3CCOCC3)c(F)c2)=NO1. The van der Waals surface area contributed by atoms with E-state index in [1.54, 1.807) is 0 Å². The molecule has 0 saturated carbocycles. The molecule has 1 N–H and O–H groups in total. The van der Waals surface area contributed by atoms with Crippen LogP contribution in [0.25, 0.3) is 0 Å². The Labute approximate surface area is 134 Å². The molecular formula is C17H21FN2O3. The second-order valence-corrected chi connectivity index (χ2v) is 6.03. The van der Waals surface area contributed by atoms with Gasteiger partial charge in [0.1, 0.15) is 11.9 Å². The number of halogens is 1. The van der Waals surface area contributed by atoms with Crippen LogP contribution in [0.3, 0.4) is 0 Å². The lowest BCUT2D eigenvalue weighted by Crippen LogP contribution is -2.30. The van der Waals surface area contributed by atoms with Crippen LogP contribution < -0.4 is 5.32 Å². The molecule has 3 rings (SSSR count). The number of benzene rings is 1. The van der Waals surface area contributed by atoms with Crippen molar-refractivity contribution in [2.24, 2.45) is 5.16 Å². The first-order valence-corrected chi connectivity index (χ1v) is 7.98. The third-order valence-electron chi connectivity index (χ3n) is 4.31. The van der Waals surface area contributed by atoms with Crippen molar-refractivity contribution in [1.29, 1.82) is 0 Å². The molecule has 6 heteroatoms. The number of nitrogens with one attached hydrogen (secondary N) is 1. The fourth-order valence-electron chi connectivity index (χ4n) is 3.01. The molecule has 1 aromatic rings. The largest absolute Gasteiger partial charge is 0.390 e. The molecule has 0 aliphatic carbocycles. The van der Waals surface area contributed by atoms with Crippen molar-refractivity contribution in [2.45, 2.75) is 38.2 Å². The van der Waals surface area contributed by atoms with Crippen molar-refractivity contribution >= 4 is 11.6 Å². The number of carbonyl (C=O) groups is 1. The highest BCUT2D eigenvalue weighted by Gasteiger charge is 2.24. The minimum atomic E-state index is -0.192. The molecule has 124 valence electrons. The second-order valence-electron chi connectivity index (χ2n) is 6.03. The maximum absolute atomic E-state index is 14.4. The highest BCUT2D eigenvalue weighted by Crippen LogP contribution is 2.30. The van der Waals surface area contributed by atoms with Gasteiger partial charge in [-0.15, -0.1) is 0 Å². The van der Waals surface area contributed by atoms with Gasteiger partial charge in [0.25, 0.3) is 0 Å². The average Bonchev–Trinajstić information content (AvgIpc) is 3.02. The number of oxime groups is 1. The molecular weight excluding hydrogens is 299 g/mol. The van der Waals surface area contributed by atoms with E-state index in [9.17, 15) is 9.18 Å². The van der Waals surface area contributed by atoms with Gasteiger partial charge in [0, 0.05) is 32.1 Å². The molecule has 2 aliphatic heterocycles. The Balaban J connectivity index is 1.65. The average molecular weight is 320 g/mol. The van der Waals surface area contributed by atoms with Crippen LogP contribution in [0.4, 0.5) is 4.39 Å². The van der Waals surface area contributed by atoms with E-state index < -0.39 is 0 Å². The zero-order valence-corrected chi connectivity index (χ0v) is 13.2. The molecule has 1 fully saturated rings. The molecule has 1 amide bonds. The lowest BCUT2D eigenvalue weighted by molar-refractivity contribution is -0.119. The van der Waals surface area contributed by atoms with E-state index in [4.69, 9.17) is 9.57 Å². The van der Waals surface area contributed by atoms with E-state index in [2.05, 4.69) is 10.5 Å². The molecule has 2 aliphatic rings. The molecule has 0 radical (unpaired) electrons. The maximum Gasteiger partial charge on any atom is 0.217 e. The summed E-state index contributed by atoms with van der Waals surface area (Å²) in [5, 5.41) is 6.73. The molecule has 23 heavy (non-hydrogen) atoms. The Morgan fingerprint density at radius 1 is 1.39 bits per heavy atom. The summed E-state index contributed by atoms with van der Waals surface area (Å²) < 4.78 is 19.8. The van der Waals surface area contributed by atoms with Crippen LogP contribution >= 0.6 is 0 Å². The number of ether oxygens (including phenoxy) is 1. The highest BCUT2D eigenvalue weighted by atomic mass is 19.1. The lowest BCUT2D eigenvalue weighted by atomic mass is 9.90. The van der Waals surface area contributed by atoms with Gasteiger partial charge in [0.2, 0.25) is 5.91 Å². The van der Waals surface area contributed by atoms with E-state index in [-0.39, 0.29) is 23.7 Å². The zero-order valence-electron chi connectivity index (χ0n) is 13.2. The number of rotatable bonds is 4. The standard InChI is InChI=1S/C17H21FN2O3/c1-11(21)19-10-14-9-17(20-23-14)13-2-3-15(16(18)8-13)12-4-6-22-7-5-12/h2-3,8,12,14H,4-7,9-10H2,1H3,(H,19,21). The van der Waals surface area contributed by atoms with Gasteiger partial charge in [-0.25, -0.2) is 4.39 Å². The van der Waals surface area contributed by atoms with E-state index in [0.29, 0.717) is 26.2 Å². The summed E-state index contributed by atoms with van der Waals surface area (Å²) in [7, 11) is 0. The number of hydrogen-bond acceptors (Lipinski definition) is 4. The predicted molar refractivity (Wildman–Crippen MR) is 83.9 cm³/mol. The summed E-state index contributed by atoms with van der Waals surface area (Å²) in [6, 6.07) is 5.29. The minimum Gasteiger partial charge on any atom is -0.390 e. The Hall–Kier alpha value is -1.95. The Kier molecular flexibility index (Phi) is 4.91. The minimum absolute atomic E-state index is 0.103. The number of nitrogens with zero attached hydrogens (tertiary/aromatic N) is 1. The van der Waals surface area contributed by atoms with Gasteiger partial charge in [-0.1, -0.05) is 17.3 Å². The highest BCUT2D eigenvalue weighted by molar-refractivity contribution is 6.01. The number of amides is 1. The van der Waals surface area contributed by atoms with E-state index in [0.717, 1.165) is 29.7 Å². The summed E-state index contributed by atoms with van der Waals surface area (Å²) in [6.07, 6.45) is 2.10. The van der Waals surface area contributed by atoms with Crippen molar-refractivity contribution in [1.82, 2.24) is 5.32 Å². The summed E-state index contributed by atoms with van der Waals surface area (Å²) >= 11 is 0. The van der Waals surface area contributed by atoms with Gasteiger partial charge < -0.3 is 14.9 Å². The van der Waals surface area contributed by atoms with Gasteiger partial charge in [0.15, 0.2) is 0 Å². The maximum atomic E-state index is 14.4. The molecule has 1 aromatic carbocycles. The predicted octanol–water partition coefficient (Wildman–Crippen LogP) is 2.35. The first-order chi connectivity index (χ1) is 11.1. The lowest BCUT2D eigenvalue weighted by Gasteiger charge is -2.23. The molecule has 1 saturated heterocycles. The molecule has 0 bridgehead atoms. The summed E-state index contributed by atoms with van der Waals surface area (Å²) in [5.41, 5.74) is 2.22. The Morgan fingerprint density at radius 3 is 2.87 bits per heavy atom. The van der Waals surface area contributed by atoms with Gasteiger partial charge in [-0.2, -0.15) is 0 Å². The monoisotopic (exact) mass is 320 g/mol. The summed E-state index contributed by atoms with van der Waals surface area (Å²) in [4.78, 5) is 16.2. The van der Waals surface area contributed by atoms with Gasteiger partial charge in [0.05, 0.1) is 12.3 Å². The normalized spacial score (nSPS) is 21.7. The second kappa shape index (κ2) is 7.08. The Morgan fingerprint density at radius 2 is 2.17 bits per heavy atom. The van der Waals surface area contributed by atoms with Gasteiger partial charge in [-0.3, -0.25) is 4.79 Å². The number of hydrogen-bond donors (Lipinski definition) is 1. The van der Waals surface area contributed by atoms with E-state index >= 15 is 0 Å². The van der Waals surface area contributed by atoms with Gasteiger partial charge in [-0.05, 0) is 30.4 Å². The first kappa shape index (κ1) is 15.9. The third kappa shape index (κ3) is 3.88. The first-order valence-electron chi connectivity index (χ1n) is 7.98. The van der Waals surface area contributed by atoms with Crippen molar-refractivity contribution in [3.8, 4) is 0 Å². The molecule has 2 heterocycles. The van der Waals surface area contributed by atoms with Gasteiger partial charge >= 0.3 is 0 Å². The zero-order chi connectivity index (χ0) is 16.2. The smallest absolute Gasteiger partial charge is 0.217 e. The number of carbonyl (C=O) groups excluding carboxylic acids is 1. The molecule has 0 spiro atoms. The van der Waals surface area contributed by atoms with Crippen LogP contribution in [0, 0.1) is 5.82 Å².